The second-order valence-corrected chi connectivity index (χ2v) is 4.14. The molecule has 0 bridgehead atoms. The van der Waals surface area contributed by atoms with Gasteiger partial charge in [-0.3, -0.25) is 9.79 Å². The maximum Gasteiger partial charge on any atom is 0.194 e. The van der Waals surface area contributed by atoms with Crippen molar-refractivity contribution >= 4 is 12.0 Å². The predicted molar refractivity (Wildman–Crippen MR) is 68.8 cm³/mol. The Morgan fingerprint density at radius 2 is 2.17 bits per heavy atom. The summed E-state index contributed by atoms with van der Waals surface area (Å²) in [4.78, 5) is 16.1. The summed E-state index contributed by atoms with van der Waals surface area (Å²) in [6.45, 7) is 0. The number of carbonyl (C=O) groups excluding carboxylic acids is 1. The molecule has 0 aliphatic carbocycles. The van der Waals surface area contributed by atoms with E-state index in [0.717, 1.165) is 0 Å². The van der Waals surface area contributed by atoms with Crippen LogP contribution in [0, 0.1) is 0 Å². The van der Waals surface area contributed by atoms with Gasteiger partial charge >= 0.3 is 0 Å². The van der Waals surface area contributed by atoms with Crippen molar-refractivity contribution < 1.29 is 14.6 Å². The van der Waals surface area contributed by atoms with E-state index >= 15 is 0 Å². The van der Waals surface area contributed by atoms with Crippen LogP contribution in [0.25, 0.3) is 0 Å². The third-order valence-corrected chi connectivity index (χ3v) is 3.11. The number of carbonyl (C=O) groups is 1. The maximum atomic E-state index is 12.2. The molecule has 2 unspecified atom stereocenters. The van der Waals surface area contributed by atoms with E-state index in [-0.39, 0.29) is 5.78 Å². The van der Waals surface area contributed by atoms with Crippen LogP contribution in [0.5, 0.6) is 0 Å². The van der Waals surface area contributed by atoms with Gasteiger partial charge in [0, 0.05) is 31.5 Å². The molecular formula is C14H15NO3. The highest BCUT2D eigenvalue weighted by Gasteiger charge is 2.40. The zero-order valence-electron chi connectivity index (χ0n) is 10.1. The first-order valence-electron chi connectivity index (χ1n) is 5.71. The minimum atomic E-state index is -1.24. The number of ether oxygens (including phenoxy) is 1. The zero-order valence-corrected chi connectivity index (χ0v) is 10.1. The van der Waals surface area contributed by atoms with Gasteiger partial charge in [-0.05, 0) is 6.08 Å². The summed E-state index contributed by atoms with van der Waals surface area (Å²) in [5.74, 6) is -0.350. The van der Waals surface area contributed by atoms with Crippen molar-refractivity contribution in [2.24, 2.45) is 4.99 Å². The second kappa shape index (κ2) is 5.25. The maximum absolute atomic E-state index is 12.2. The Morgan fingerprint density at radius 1 is 1.44 bits per heavy atom. The number of aliphatic hydroxyl groups excluding tert-OH is 1. The Kier molecular flexibility index (Phi) is 3.69. The Balaban J connectivity index is 2.25. The van der Waals surface area contributed by atoms with Crippen LogP contribution in [0.3, 0.4) is 0 Å². The van der Waals surface area contributed by atoms with E-state index in [1.807, 2.05) is 6.07 Å². The number of rotatable bonds is 4. The van der Waals surface area contributed by atoms with Crippen LogP contribution in [0.1, 0.15) is 16.8 Å². The van der Waals surface area contributed by atoms with Crippen LogP contribution in [0.15, 0.2) is 47.6 Å². The van der Waals surface area contributed by atoms with Gasteiger partial charge in [0.1, 0.15) is 11.7 Å². The van der Waals surface area contributed by atoms with Crippen LogP contribution in [-0.2, 0) is 4.74 Å². The summed E-state index contributed by atoms with van der Waals surface area (Å²) in [5.41, 5.74) is -0.549. The Labute approximate surface area is 106 Å². The molecule has 94 valence electrons. The first-order chi connectivity index (χ1) is 8.69. The number of nitrogens with zero attached hydrogens (tertiary/aromatic N) is 1. The average Bonchev–Trinajstić information content (AvgIpc) is 2.47. The lowest BCUT2D eigenvalue weighted by Crippen LogP contribution is -2.48. The summed E-state index contributed by atoms with van der Waals surface area (Å²) >= 11 is 0. The Hall–Kier alpha value is -1.78. The van der Waals surface area contributed by atoms with Gasteiger partial charge in [0.05, 0.1) is 0 Å². The van der Waals surface area contributed by atoms with Crippen LogP contribution in [0.4, 0.5) is 0 Å². The summed E-state index contributed by atoms with van der Waals surface area (Å²) in [5, 5.41) is 10.3. The number of hydrogen-bond acceptors (Lipinski definition) is 4. The van der Waals surface area contributed by atoms with Crippen LogP contribution in [-0.4, -0.2) is 35.9 Å². The number of benzene rings is 1. The largest absolute Gasteiger partial charge is 0.382 e. The fraction of sp³-hybridized carbons (Fsp3) is 0.286. The van der Waals surface area contributed by atoms with Gasteiger partial charge in [0.25, 0.3) is 0 Å². The molecule has 1 aromatic carbocycles. The van der Waals surface area contributed by atoms with Crippen molar-refractivity contribution in [3.63, 3.8) is 0 Å². The molecule has 1 aliphatic heterocycles. The lowest BCUT2D eigenvalue weighted by molar-refractivity contribution is -0.0494. The first kappa shape index (κ1) is 12.7. The van der Waals surface area contributed by atoms with Crippen molar-refractivity contribution in [2.75, 3.05) is 7.11 Å². The van der Waals surface area contributed by atoms with Gasteiger partial charge in [-0.2, -0.15) is 0 Å². The molecule has 4 heteroatoms. The van der Waals surface area contributed by atoms with Crippen LogP contribution >= 0.6 is 0 Å². The van der Waals surface area contributed by atoms with Gasteiger partial charge in [-0.1, -0.05) is 30.3 Å². The third-order valence-electron chi connectivity index (χ3n) is 3.11. The monoisotopic (exact) mass is 245 g/mol. The molecule has 0 fully saturated rings. The lowest BCUT2D eigenvalue weighted by Gasteiger charge is -2.33. The molecule has 1 aliphatic rings. The highest BCUT2D eigenvalue weighted by molar-refractivity contribution is 6.00. The molecule has 0 aromatic heterocycles. The fourth-order valence-electron chi connectivity index (χ4n) is 1.94. The van der Waals surface area contributed by atoms with E-state index in [1.165, 1.54) is 13.3 Å². The summed E-state index contributed by atoms with van der Waals surface area (Å²) in [7, 11) is 1.48. The lowest BCUT2D eigenvalue weighted by atomic mass is 9.87. The van der Waals surface area contributed by atoms with Gasteiger partial charge < -0.3 is 9.84 Å². The SMILES string of the molecule is COC1(C(O)C(=O)c2ccccc2)C=CN=CC1. The quantitative estimate of drug-likeness (QED) is 0.820. The van der Waals surface area contributed by atoms with E-state index in [0.29, 0.717) is 12.0 Å². The summed E-state index contributed by atoms with van der Waals surface area (Å²) in [6, 6.07) is 8.70. The number of methoxy groups -OCH3 is 1. The first-order valence-corrected chi connectivity index (χ1v) is 5.71. The molecule has 0 saturated heterocycles. The molecule has 18 heavy (non-hydrogen) atoms. The number of aliphatic hydroxyl groups is 1. The number of ketones is 1. The molecule has 2 atom stereocenters. The molecule has 0 spiro atoms. The molecule has 4 nitrogen and oxygen atoms in total. The standard InChI is InChI=1S/C14H15NO3/c1-18-14(7-9-15-10-8-14)13(17)12(16)11-5-3-2-4-6-11/h2-7,9-10,13,17H,8H2,1H3. The molecule has 0 radical (unpaired) electrons. The van der Waals surface area contributed by atoms with Gasteiger partial charge in [-0.15, -0.1) is 0 Å². The number of hydrogen-bond donors (Lipinski definition) is 1. The fourth-order valence-corrected chi connectivity index (χ4v) is 1.94. The van der Waals surface area contributed by atoms with Crippen molar-refractivity contribution in [3.8, 4) is 0 Å². The Bertz CT molecular complexity index is 481. The number of aliphatic imine (C=N–C) groups is 1. The molecule has 1 heterocycles. The molecule has 0 amide bonds. The third kappa shape index (κ3) is 2.25. The zero-order chi connectivity index (χ0) is 13.0. The van der Waals surface area contributed by atoms with E-state index in [1.54, 1.807) is 36.6 Å². The van der Waals surface area contributed by atoms with E-state index in [4.69, 9.17) is 4.74 Å². The minimum absolute atomic E-state index is 0.350. The van der Waals surface area contributed by atoms with Crippen molar-refractivity contribution in [2.45, 2.75) is 18.1 Å². The van der Waals surface area contributed by atoms with E-state index in [9.17, 15) is 9.90 Å². The summed E-state index contributed by atoms with van der Waals surface area (Å²) < 4.78 is 5.33. The highest BCUT2D eigenvalue weighted by atomic mass is 16.5. The number of Topliss-reactive ketones (excluding diaryl/α,β-unsaturated/α-hetero) is 1. The summed E-state index contributed by atoms with van der Waals surface area (Å²) in [6.07, 6.45) is 3.92. The molecule has 1 N–H and O–H groups in total. The van der Waals surface area contributed by atoms with Gasteiger partial charge in [-0.25, -0.2) is 0 Å². The predicted octanol–water partition coefficient (Wildman–Crippen LogP) is 1.60. The Morgan fingerprint density at radius 3 is 2.72 bits per heavy atom. The molecular weight excluding hydrogens is 230 g/mol. The van der Waals surface area contributed by atoms with Crippen molar-refractivity contribution in [1.29, 1.82) is 0 Å². The van der Waals surface area contributed by atoms with Crippen LogP contribution < -0.4 is 0 Å². The highest BCUT2D eigenvalue weighted by Crippen LogP contribution is 2.26. The average molecular weight is 245 g/mol. The molecule has 1 aromatic rings. The van der Waals surface area contributed by atoms with Gasteiger partial charge in [0.15, 0.2) is 5.78 Å². The molecule has 2 rings (SSSR count). The van der Waals surface area contributed by atoms with E-state index in [2.05, 4.69) is 4.99 Å². The van der Waals surface area contributed by atoms with Crippen molar-refractivity contribution in [3.05, 3.63) is 48.2 Å². The smallest absolute Gasteiger partial charge is 0.194 e. The normalized spacial score (nSPS) is 23.9. The second-order valence-electron chi connectivity index (χ2n) is 4.14. The van der Waals surface area contributed by atoms with Gasteiger partial charge in [0.2, 0.25) is 0 Å². The van der Waals surface area contributed by atoms with E-state index < -0.39 is 11.7 Å². The topological polar surface area (TPSA) is 58.9 Å². The van der Waals surface area contributed by atoms with Crippen LogP contribution in [0.2, 0.25) is 0 Å². The molecule has 0 saturated carbocycles. The van der Waals surface area contributed by atoms with Crippen molar-refractivity contribution in [1.82, 2.24) is 0 Å². The minimum Gasteiger partial charge on any atom is -0.382 e.